The Balaban J connectivity index is 2.49. The van der Waals surface area contributed by atoms with Crippen LogP contribution in [-0.2, 0) is 6.54 Å². The Labute approximate surface area is 82.0 Å². The Hall–Kier alpha value is -0.650. The summed E-state index contributed by atoms with van der Waals surface area (Å²) in [7, 11) is 1.97. The Morgan fingerprint density at radius 1 is 1.77 bits per heavy atom. The molecule has 0 aliphatic heterocycles. The standard InChI is InChI=1S/C8H15N3OS/c1-6(5-12)11(2)4-7-3-10-8(9)13-7/h3,6,12H,4-5H2,1-2H3,(H2,9,10). The smallest absolute Gasteiger partial charge is 0.180 e. The first kappa shape index (κ1) is 10.4. The van der Waals surface area contributed by atoms with E-state index in [0.717, 1.165) is 11.4 Å². The van der Waals surface area contributed by atoms with Gasteiger partial charge in [-0.1, -0.05) is 0 Å². The van der Waals surface area contributed by atoms with Gasteiger partial charge in [0, 0.05) is 23.7 Å². The summed E-state index contributed by atoms with van der Waals surface area (Å²) in [4.78, 5) is 7.15. The van der Waals surface area contributed by atoms with E-state index < -0.39 is 0 Å². The summed E-state index contributed by atoms with van der Waals surface area (Å²) >= 11 is 1.49. The van der Waals surface area contributed by atoms with Gasteiger partial charge in [-0.15, -0.1) is 11.3 Å². The third-order valence-corrected chi connectivity index (χ3v) is 2.80. The van der Waals surface area contributed by atoms with Gasteiger partial charge in [0.15, 0.2) is 5.13 Å². The van der Waals surface area contributed by atoms with E-state index in [4.69, 9.17) is 10.8 Å². The Morgan fingerprint density at radius 3 is 2.92 bits per heavy atom. The molecule has 74 valence electrons. The molecule has 0 aromatic carbocycles. The monoisotopic (exact) mass is 201 g/mol. The fourth-order valence-corrected chi connectivity index (χ4v) is 1.68. The molecule has 0 saturated heterocycles. The van der Waals surface area contributed by atoms with Crippen molar-refractivity contribution in [3.63, 3.8) is 0 Å². The van der Waals surface area contributed by atoms with Crippen LogP contribution >= 0.6 is 11.3 Å². The van der Waals surface area contributed by atoms with Crippen molar-refractivity contribution in [1.29, 1.82) is 0 Å². The number of hydrogen-bond acceptors (Lipinski definition) is 5. The lowest BCUT2D eigenvalue weighted by Gasteiger charge is -2.21. The first-order chi connectivity index (χ1) is 6.13. The van der Waals surface area contributed by atoms with Crippen LogP contribution in [0.3, 0.4) is 0 Å². The van der Waals surface area contributed by atoms with E-state index in [1.54, 1.807) is 6.20 Å². The molecule has 0 radical (unpaired) electrons. The van der Waals surface area contributed by atoms with Crippen LogP contribution in [0.15, 0.2) is 6.20 Å². The summed E-state index contributed by atoms with van der Waals surface area (Å²) in [6.07, 6.45) is 1.78. The number of nitrogens with two attached hydrogens (primary N) is 1. The van der Waals surface area contributed by atoms with E-state index in [-0.39, 0.29) is 12.6 Å². The average molecular weight is 201 g/mol. The number of aliphatic hydroxyl groups excluding tert-OH is 1. The number of aliphatic hydroxyl groups is 1. The minimum atomic E-state index is 0.170. The summed E-state index contributed by atoms with van der Waals surface area (Å²) in [5.41, 5.74) is 5.50. The number of thiazole rings is 1. The van der Waals surface area contributed by atoms with Gasteiger partial charge in [0.2, 0.25) is 0 Å². The van der Waals surface area contributed by atoms with Crippen LogP contribution in [0.5, 0.6) is 0 Å². The first-order valence-corrected chi connectivity index (χ1v) is 4.96. The molecule has 13 heavy (non-hydrogen) atoms. The maximum absolute atomic E-state index is 8.91. The molecule has 1 heterocycles. The van der Waals surface area contributed by atoms with Crippen molar-refractivity contribution in [2.75, 3.05) is 19.4 Å². The number of hydrogen-bond donors (Lipinski definition) is 2. The minimum Gasteiger partial charge on any atom is -0.395 e. The van der Waals surface area contributed by atoms with Crippen LogP contribution in [0.4, 0.5) is 5.13 Å². The molecule has 1 unspecified atom stereocenters. The summed E-state index contributed by atoms with van der Waals surface area (Å²) in [6, 6.07) is 0.170. The lowest BCUT2D eigenvalue weighted by Crippen LogP contribution is -2.31. The first-order valence-electron chi connectivity index (χ1n) is 4.14. The number of likely N-dealkylation sites (N-methyl/N-ethyl adjacent to an activating group) is 1. The molecular weight excluding hydrogens is 186 g/mol. The van der Waals surface area contributed by atoms with Crippen LogP contribution in [0.2, 0.25) is 0 Å². The third-order valence-electron chi connectivity index (χ3n) is 1.99. The van der Waals surface area contributed by atoms with Gasteiger partial charge in [-0.2, -0.15) is 0 Å². The van der Waals surface area contributed by atoms with Crippen molar-refractivity contribution in [1.82, 2.24) is 9.88 Å². The van der Waals surface area contributed by atoms with Crippen molar-refractivity contribution in [2.45, 2.75) is 19.5 Å². The SMILES string of the molecule is CC(CO)N(C)Cc1cnc(N)s1. The van der Waals surface area contributed by atoms with E-state index in [1.807, 2.05) is 14.0 Å². The zero-order valence-electron chi connectivity index (χ0n) is 7.90. The number of anilines is 1. The minimum absolute atomic E-state index is 0.170. The predicted octanol–water partition coefficient (Wildman–Crippen LogP) is 0.538. The van der Waals surface area contributed by atoms with Crippen molar-refractivity contribution in [3.05, 3.63) is 11.1 Å². The average Bonchev–Trinajstić information content (AvgIpc) is 2.49. The van der Waals surface area contributed by atoms with Crippen LogP contribution in [-0.4, -0.2) is 34.7 Å². The molecule has 0 aliphatic carbocycles. The van der Waals surface area contributed by atoms with Crippen LogP contribution < -0.4 is 5.73 Å². The second-order valence-corrected chi connectivity index (χ2v) is 4.26. The van der Waals surface area contributed by atoms with Gasteiger partial charge in [0.1, 0.15) is 0 Å². The molecule has 1 rings (SSSR count). The number of nitrogen functional groups attached to an aromatic ring is 1. The maximum atomic E-state index is 8.91. The van der Waals surface area contributed by atoms with Crippen molar-refractivity contribution in [3.8, 4) is 0 Å². The molecule has 0 saturated carbocycles. The highest BCUT2D eigenvalue weighted by molar-refractivity contribution is 7.15. The summed E-state index contributed by atoms with van der Waals surface area (Å²) in [5, 5.41) is 9.51. The van der Waals surface area contributed by atoms with Gasteiger partial charge in [-0.3, -0.25) is 4.90 Å². The van der Waals surface area contributed by atoms with Crippen LogP contribution in [0.1, 0.15) is 11.8 Å². The molecule has 1 atom stereocenters. The van der Waals surface area contributed by atoms with Crippen molar-refractivity contribution >= 4 is 16.5 Å². The molecule has 0 fully saturated rings. The molecule has 0 spiro atoms. The molecule has 0 amide bonds. The van der Waals surface area contributed by atoms with Gasteiger partial charge < -0.3 is 10.8 Å². The summed E-state index contributed by atoms with van der Waals surface area (Å²) in [5.74, 6) is 0. The van der Waals surface area contributed by atoms with Gasteiger partial charge in [-0.25, -0.2) is 4.98 Å². The zero-order chi connectivity index (χ0) is 9.84. The van der Waals surface area contributed by atoms with Crippen LogP contribution in [0, 0.1) is 0 Å². The quantitative estimate of drug-likeness (QED) is 0.746. The van der Waals surface area contributed by atoms with Crippen molar-refractivity contribution in [2.24, 2.45) is 0 Å². The Bertz CT molecular complexity index is 264. The van der Waals surface area contributed by atoms with Gasteiger partial charge in [0.05, 0.1) is 6.61 Å². The highest BCUT2D eigenvalue weighted by Crippen LogP contribution is 2.16. The van der Waals surface area contributed by atoms with E-state index in [2.05, 4.69) is 9.88 Å². The third kappa shape index (κ3) is 2.95. The summed E-state index contributed by atoms with van der Waals surface area (Å²) < 4.78 is 0. The molecular formula is C8H15N3OS. The topological polar surface area (TPSA) is 62.4 Å². The van der Waals surface area contributed by atoms with E-state index in [0.29, 0.717) is 5.13 Å². The largest absolute Gasteiger partial charge is 0.395 e. The predicted molar refractivity (Wildman–Crippen MR) is 54.5 cm³/mol. The van der Waals surface area contributed by atoms with E-state index >= 15 is 0 Å². The second kappa shape index (κ2) is 4.55. The molecule has 0 aliphatic rings. The molecule has 1 aromatic rings. The molecule has 4 nitrogen and oxygen atoms in total. The molecule has 5 heteroatoms. The summed E-state index contributed by atoms with van der Waals surface area (Å²) in [6.45, 7) is 2.94. The normalized spacial score (nSPS) is 13.5. The van der Waals surface area contributed by atoms with E-state index in [9.17, 15) is 0 Å². The second-order valence-electron chi connectivity index (χ2n) is 3.11. The van der Waals surface area contributed by atoms with Crippen molar-refractivity contribution < 1.29 is 5.11 Å². The van der Waals surface area contributed by atoms with Gasteiger partial charge >= 0.3 is 0 Å². The van der Waals surface area contributed by atoms with E-state index in [1.165, 1.54) is 11.3 Å². The number of rotatable bonds is 4. The van der Waals surface area contributed by atoms with Gasteiger partial charge in [-0.05, 0) is 14.0 Å². The Morgan fingerprint density at radius 2 is 2.46 bits per heavy atom. The Kier molecular flexibility index (Phi) is 3.65. The molecule has 1 aromatic heterocycles. The number of nitrogens with zero attached hydrogens (tertiary/aromatic N) is 2. The van der Waals surface area contributed by atoms with Gasteiger partial charge in [0.25, 0.3) is 0 Å². The fourth-order valence-electron chi connectivity index (χ4n) is 0.937. The highest BCUT2D eigenvalue weighted by atomic mass is 32.1. The molecule has 3 N–H and O–H groups in total. The maximum Gasteiger partial charge on any atom is 0.180 e. The highest BCUT2D eigenvalue weighted by Gasteiger charge is 2.09. The van der Waals surface area contributed by atoms with Crippen LogP contribution in [0.25, 0.3) is 0 Å². The number of aromatic nitrogens is 1. The zero-order valence-corrected chi connectivity index (χ0v) is 8.71. The lowest BCUT2D eigenvalue weighted by atomic mass is 10.3. The fraction of sp³-hybridized carbons (Fsp3) is 0.625. The lowest BCUT2D eigenvalue weighted by molar-refractivity contribution is 0.155. The molecule has 0 bridgehead atoms.